The van der Waals surface area contributed by atoms with E-state index in [-0.39, 0.29) is 23.7 Å². The van der Waals surface area contributed by atoms with Crippen molar-refractivity contribution in [3.05, 3.63) is 79.7 Å². The normalized spacial score (nSPS) is 15.8. The highest BCUT2D eigenvalue weighted by Crippen LogP contribution is 2.28. The fraction of sp³-hybridized carbons (Fsp3) is 0.375. The Hall–Kier alpha value is -3.08. The van der Waals surface area contributed by atoms with Crippen molar-refractivity contribution < 1.29 is 17.8 Å². The molecule has 1 aliphatic rings. The molecule has 0 amide bonds. The first-order valence-corrected chi connectivity index (χ1v) is 12.5. The summed E-state index contributed by atoms with van der Waals surface area (Å²) >= 11 is 0. The van der Waals surface area contributed by atoms with Gasteiger partial charge in [0, 0.05) is 56.3 Å². The monoisotopic (exact) mass is 485 g/mol. The minimum absolute atomic E-state index is 0.0368. The number of fused-ring (bicyclic) bond motifs is 1. The molecule has 0 aliphatic carbocycles. The number of hydrogen-bond donors (Lipinski definition) is 0. The highest BCUT2D eigenvalue weighted by molar-refractivity contribution is 7.89. The molecule has 10 heteroatoms. The van der Waals surface area contributed by atoms with Crippen molar-refractivity contribution in [3.63, 3.8) is 0 Å². The van der Waals surface area contributed by atoms with E-state index < -0.39 is 20.6 Å². The summed E-state index contributed by atoms with van der Waals surface area (Å²) in [6.07, 6.45) is 0. The first kappa shape index (κ1) is 24.1. The summed E-state index contributed by atoms with van der Waals surface area (Å²) in [5, 5.41) is 11.7. The fourth-order valence-electron chi connectivity index (χ4n) is 4.40. The molecule has 2 heterocycles. The topological polar surface area (TPSA) is 114 Å². The predicted molar refractivity (Wildman–Crippen MR) is 128 cm³/mol. The molecule has 4 rings (SSSR count). The van der Waals surface area contributed by atoms with Crippen LogP contribution >= 0.6 is 0 Å². The summed E-state index contributed by atoms with van der Waals surface area (Å²) in [5.41, 5.74) is 3.14. The molecule has 2 aromatic carbocycles. The lowest BCUT2D eigenvalue weighted by Crippen LogP contribution is -2.48. The van der Waals surface area contributed by atoms with Crippen molar-refractivity contribution in [1.82, 2.24) is 9.21 Å². The zero-order valence-corrected chi connectivity index (χ0v) is 20.2. The maximum absolute atomic E-state index is 13.0. The Morgan fingerprint density at radius 1 is 1.06 bits per heavy atom. The van der Waals surface area contributed by atoms with Gasteiger partial charge in [-0.05, 0) is 53.8 Å². The maximum atomic E-state index is 13.0. The van der Waals surface area contributed by atoms with Crippen LogP contribution in [-0.4, -0.2) is 48.7 Å². The minimum Gasteiger partial charge on any atom is -0.423 e. The molecule has 1 fully saturated rings. The maximum Gasteiger partial charge on any atom is 0.336 e. The summed E-state index contributed by atoms with van der Waals surface area (Å²) in [5.74, 6) is 0.331. The molecule has 180 valence electrons. The number of rotatable bonds is 6. The quantitative estimate of drug-likeness (QED) is 0.297. The molecule has 1 aromatic heterocycles. The van der Waals surface area contributed by atoms with Gasteiger partial charge in [0.25, 0.3) is 5.69 Å². The Kier molecular flexibility index (Phi) is 6.57. The SMILES string of the molecule is Cc1cc2oc(=O)cc(CN3CCN(S(=O)(=O)c4ccc([N+](=O)[O-])cc4)CC3)c2cc1C(C)C. The van der Waals surface area contributed by atoms with Crippen LogP contribution in [0.4, 0.5) is 5.69 Å². The lowest BCUT2D eigenvalue weighted by Gasteiger charge is -2.34. The predicted octanol–water partition coefficient (Wildman–Crippen LogP) is 3.64. The van der Waals surface area contributed by atoms with Gasteiger partial charge in [0.05, 0.1) is 9.82 Å². The van der Waals surface area contributed by atoms with Gasteiger partial charge in [-0.1, -0.05) is 13.8 Å². The number of hydrogen-bond acceptors (Lipinski definition) is 7. The summed E-state index contributed by atoms with van der Waals surface area (Å²) in [6.45, 7) is 8.33. The molecule has 0 N–H and O–H groups in total. The second kappa shape index (κ2) is 9.28. The molecule has 1 saturated heterocycles. The largest absolute Gasteiger partial charge is 0.423 e. The number of benzene rings is 2. The number of nitro benzene ring substituents is 1. The van der Waals surface area contributed by atoms with E-state index in [0.717, 1.165) is 16.5 Å². The Bertz CT molecular complexity index is 1390. The first-order chi connectivity index (χ1) is 16.1. The molecule has 9 nitrogen and oxygen atoms in total. The smallest absolute Gasteiger partial charge is 0.336 e. The molecule has 0 radical (unpaired) electrons. The molecule has 0 unspecified atom stereocenters. The van der Waals surface area contributed by atoms with E-state index in [9.17, 15) is 23.3 Å². The number of nitrogens with zero attached hydrogens (tertiary/aromatic N) is 3. The van der Waals surface area contributed by atoms with Gasteiger partial charge < -0.3 is 4.42 Å². The Balaban J connectivity index is 1.51. The second-order valence-electron chi connectivity index (χ2n) is 8.88. The van der Waals surface area contributed by atoms with E-state index in [1.165, 1.54) is 40.2 Å². The third-order valence-corrected chi connectivity index (χ3v) is 8.16. The first-order valence-electron chi connectivity index (χ1n) is 11.1. The van der Waals surface area contributed by atoms with Gasteiger partial charge in [-0.2, -0.15) is 4.31 Å². The number of sulfonamides is 1. The van der Waals surface area contributed by atoms with Gasteiger partial charge in [0.2, 0.25) is 10.0 Å². The molecule has 1 aliphatic heterocycles. The highest BCUT2D eigenvalue weighted by atomic mass is 32.2. The lowest BCUT2D eigenvalue weighted by atomic mass is 9.95. The van der Waals surface area contributed by atoms with Crippen LogP contribution in [0, 0.1) is 17.0 Å². The zero-order valence-electron chi connectivity index (χ0n) is 19.4. The van der Waals surface area contributed by atoms with Gasteiger partial charge >= 0.3 is 5.63 Å². The van der Waals surface area contributed by atoms with Crippen LogP contribution in [-0.2, 0) is 16.6 Å². The third kappa shape index (κ3) is 4.75. The summed E-state index contributed by atoms with van der Waals surface area (Å²) in [4.78, 5) is 24.6. The summed E-state index contributed by atoms with van der Waals surface area (Å²) in [7, 11) is -3.74. The Morgan fingerprint density at radius 3 is 2.29 bits per heavy atom. The number of piperazine rings is 1. The molecule has 0 saturated carbocycles. The van der Waals surface area contributed by atoms with E-state index in [2.05, 4.69) is 24.8 Å². The van der Waals surface area contributed by atoms with Crippen LogP contribution in [0.3, 0.4) is 0 Å². The van der Waals surface area contributed by atoms with Gasteiger partial charge in [0.1, 0.15) is 5.58 Å². The van der Waals surface area contributed by atoms with Crippen molar-refractivity contribution >= 4 is 26.7 Å². The average Bonchev–Trinajstić information content (AvgIpc) is 2.78. The molecule has 0 spiro atoms. The molecule has 34 heavy (non-hydrogen) atoms. The van der Waals surface area contributed by atoms with Crippen LogP contribution in [0.5, 0.6) is 0 Å². The van der Waals surface area contributed by atoms with Gasteiger partial charge in [-0.15, -0.1) is 0 Å². The van der Waals surface area contributed by atoms with Gasteiger partial charge in [0.15, 0.2) is 0 Å². The van der Waals surface area contributed by atoms with Gasteiger partial charge in [-0.25, -0.2) is 13.2 Å². The Morgan fingerprint density at radius 2 is 1.71 bits per heavy atom. The third-order valence-electron chi connectivity index (χ3n) is 6.25. The standard InChI is InChI=1S/C24H27N3O6S/c1-16(2)21-14-22-18(13-24(28)33-23(22)12-17(21)3)15-25-8-10-26(11-9-25)34(31,32)20-6-4-19(5-7-20)27(29)30/h4-7,12-14,16H,8-11,15H2,1-3H3. The van der Waals surface area contributed by atoms with E-state index in [4.69, 9.17) is 4.42 Å². The zero-order chi connectivity index (χ0) is 24.6. The van der Waals surface area contributed by atoms with Crippen molar-refractivity contribution in [3.8, 4) is 0 Å². The highest BCUT2D eigenvalue weighted by Gasteiger charge is 2.29. The minimum atomic E-state index is -3.74. The molecule has 3 aromatic rings. The van der Waals surface area contributed by atoms with E-state index in [0.29, 0.717) is 31.1 Å². The van der Waals surface area contributed by atoms with E-state index in [1.54, 1.807) is 0 Å². The van der Waals surface area contributed by atoms with Crippen molar-refractivity contribution in [1.29, 1.82) is 0 Å². The lowest BCUT2D eigenvalue weighted by molar-refractivity contribution is -0.384. The van der Waals surface area contributed by atoms with Crippen molar-refractivity contribution in [2.45, 2.75) is 38.1 Å². The average molecular weight is 486 g/mol. The van der Waals surface area contributed by atoms with Crippen molar-refractivity contribution in [2.24, 2.45) is 0 Å². The van der Waals surface area contributed by atoms with Crippen LogP contribution in [0.15, 0.2) is 56.6 Å². The molecule has 0 atom stereocenters. The number of aryl methyl sites for hydroxylation is 1. The van der Waals surface area contributed by atoms with E-state index in [1.807, 2.05) is 13.0 Å². The molecular weight excluding hydrogens is 458 g/mol. The Labute approximate surface area is 197 Å². The number of non-ortho nitro benzene ring substituents is 1. The van der Waals surface area contributed by atoms with Crippen LogP contribution < -0.4 is 5.63 Å². The number of nitro groups is 1. The molecular formula is C24H27N3O6S. The fourth-order valence-corrected chi connectivity index (χ4v) is 5.82. The van der Waals surface area contributed by atoms with Gasteiger partial charge in [-0.3, -0.25) is 15.0 Å². The molecule has 0 bridgehead atoms. The summed E-state index contributed by atoms with van der Waals surface area (Å²) < 4.78 is 32.8. The van der Waals surface area contributed by atoms with Crippen molar-refractivity contribution in [2.75, 3.05) is 26.2 Å². The van der Waals surface area contributed by atoms with E-state index >= 15 is 0 Å². The second-order valence-corrected chi connectivity index (χ2v) is 10.8. The van der Waals surface area contributed by atoms with Crippen LogP contribution in [0.25, 0.3) is 11.0 Å². The summed E-state index contributed by atoms with van der Waals surface area (Å²) in [6, 6.07) is 10.4. The van der Waals surface area contributed by atoms with Crippen LogP contribution in [0.1, 0.15) is 36.5 Å². The van der Waals surface area contributed by atoms with Crippen LogP contribution in [0.2, 0.25) is 0 Å².